The predicted octanol–water partition coefficient (Wildman–Crippen LogP) is 7.08. The molecule has 1 unspecified atom stereocenters. The van der Waals surface area contributed by atoms with E-state index in [1.54, 1.807) is 36.4 Å². The van der Waals surface area contributed by atoms with Gasteiger partial charge < -0.3 is 9.84 Å². The fourth-order valence-electron chi connectivity index (χ4n) is 4.40. The lowest BCUT2D eigenvalue weighted by molar-refractivity contribution is -0.132. The Labute approximate surface area is 220 Å². The lowest BCUT2D eigenvalue weighted by Gasteiger charge is -2.27. The molecule has 1 N–H and O–H groups in total. The van der Waals surface area contributed by atoms with Gasteiger partial charge in [-0.3, -0.25) is 14.5 Å². The van der Waals surface area contributed by atoms with Crippen LogP contribution in [0.5, 0.6) is 5.75 Å². The van der Waals surface area contributed by atoms with Crippen LogP contribution in [0.2, 0.25) is 0 Å². The number of anilines is 1. The molecule has 4 rings (SSSR count). The summed E-state index contributed by atoms with van der Waals surface area (Å²) >= 11 is 3.47. The molecule has 186 valence electrons. The number of rotatable bonds is 5. The van der Waals surface area contributed by atoms with Crippen LogP contribution >= 0.6 is 15.9 Å². The molecule has 1 aliphatic heterocycles. The number of hydrogen-bond donors (Lipinski definition) is 1. The first-order valence-electron chi connectivity index (χ1n) is 11.9. The number of ketones is 1. The first-order chi connectivity index (χ1) is 17.0. The van der Waals surface area contributed by atoms with E-state index in [-0.39, 0.29) is 16.7 Å². The van der Waals surface area contributed by atoms with Gasteiger partial charge in [0.15, 0.2) is 0 Å². The van der Waals surface area contributed by atoms with Crippen LogP contribution in [0.4, 0.5) is 5.69 Å². The molecule has 1 saturated heterocycles. The number of amides is 1. The Bertz CT molecular complexity index is 1330. The molecule has 3 aromatic rings. The van der Waals surface area contributed by atoms with Crippen LogP contribution in [-0.2, 0) is 15.0 Å². The third-order valence-electron chi connectivity index (χ3n) is 6.39. The molecule has 0 radical (unpaired) electrons. The van der Waals surface area contributed by atoms with E-state index in [0.717, 1.165) is 21.2 Å². The number of nitrogens with zero attached hydrogens (tertiary/aromatic N) is 1. The molecule has 3 aromatic carbocycles. The van der Waals surface area contributed by atoms with Gasteiger partial charge in [0.1, 0.15) is 11.5 Å². The zero-order valence-electron chi connectivity index (χ0n) is 21.1. The molecule has 1 amide bonds. The summed E-state index contributed by atoms with van der Waals surface area (Å²) in [5.41, 5.74) is 3.84. The maximum Gasteiger partial charge on any atom is 0.300 e. The molecule has 1 aliphatic rings. The number of hydrogen-bond acceptors (Lipinski definition) is 4. The highest BCUT2D eigenvalue weighted by molar-refractivity contribution is 9.10. The van der Waals surface area contributed by atoms with Crippen molar-refractivity contribution in [3.63, 3.8) is 0 Å². The lowest BCUT2D eigenvalue weighted by Crippen LogP contribution is -2.29. The Kier molecular flexibility index (Phi) is 7.10. The maximum atomic E-state index is 13.4. The molecule has 6 heteroatoms. The van der Waals surface area contributed by atoms with E-state index in [1.807, 2.05) is 44.2 Å². The minimum atomic E-state index is -0.777. The highest BCUT2D eigenvalue weighted by Crippen LogP contribution is 2.43. The second-order valence-corrected chi connectivity index (χ2v) is 10.8. The fourth-order valence-corrected chi connectivity index (χ4v) is 4.64. The van der Waals surface area contributed by atoms with Gasteiger partial charge in [0, 0.05) is 15.7 Å². The van der Waals surface area contributed by atoms with E-state index < -0.39 is 17.7 Å². The minimum Gasteiger partial charge on any atom is -0.507 e. The molecule has 0 aromatic heterocycles. The second-order valence-electron chi connectivity index (χ2n) is 9.93. The predicted molar refractivity (Wildman–Crippen MR) is 146 cm³/mol. The topological polar surface area (TPSA) is 66.8 Å². The third kappa shape index (κ3) is 4.82. The van der Waals surface area contributed by atoms with E-state index in [2.05, 4.69) is 36.7 Å². The van der Waals surface area contributed by atoms with E-state index in [0.29, 0.717) is 23.6 Å². The van der Waals surface area contributed by atoms with Crippen molar-refractivity contribution in [3.8, 4) is 5.75 Å². The zero-order valence-corrected chi connectivity index (χ0v) is 22.7. The van der Waals surface area contributed by atoms with Gasteiger partial charge in [-0.2, -0.15) is 0 Å². The van der Waals surface area contributed by atoms with E-state index in [1.165, 1.54) is 4.90 Å². The number of carbonyl (C=O) groups is 2. The summed E-state index contributed by atoms with van der Waals surface area (Å²) < 4.78 is 6.43. The SMILES string of the molecule is CCOc1ccc(N2C(=O)C(=O)/C(=C(\O)c3ccc(Br)c(C)c3)C2c2ccc(C(C)(C)C)cc2)cc1. The lowest BCUT2D eigenvalue weighted by atomic mass is 9.85. The van der Waals surface area contributed by atoms with Gasteiger partial charge in [0.2, 0.25) is 0 Å². The summed E-state index contributed by atoms with van der Waals surface area (Å²) in [6.45, 7) is 10.7. The molecule has 1 atom stereocenters. The van der Waals surface area contributed by atoms with Crippen LogP contribution in [0.1, 0.15) is 56.0 Å². The molecular formula is C30H30BrNO4. The molecule has 0 aliphatic carbocycles. The number of aliphatic hydroxyl groups is 1. The van der Waals surface area contributed by atoms with E-state index in [9.17, 15) is 14.7 Å². The Hall–Kier alpha value is -3.38. The number of Topliss-reactive ketones (excluding diaryl/α,β-unsaturated/α-hetero) is 1. The first-order valence-corrected chi connectivity index (χ1v) is 12.7. The summed E-state index contributed by atoms with van der Waals surface area (Å²) in [4.78, 5) is 28.2. The van der Waals surface area contributed by atoms with Crippen molar-refractivity contribution in [2.24, 2.45) is 0 Å². The fraction of sp³-hybridized carbons (Fsp3) is 0.267. The molecular weight excluding hydrogens is 518 g/mol. The van der Waals surface area contributed by atoms with Crippen LogP contribution in [0.25, 0.3) is 5.76 Å². The van der Waals surface area contributed by atoms with Crippen LogP contribution in [0, 0.1) is 6.92 Å². The van der Waals surface area contributed by atoms with Crippen LogP contribution in [0.3, 0.4) is 0 Å². The van der Waals surface area contributed by atoms with Crippen LogP contribution in [-0.4, -0.2) is 23.4 Å². The number of aryl methyl sites for hydroxylation is 1. The van der Waals surface area contributed by atoms with Gasteiger partial charge >= 0.3 is 0 Å². The Balaban J connectivity index is 1.90. The number of ether oxygens (including phenoxy) is 1. The Morgan fingerprint density at radius 3 is 2.19 bits per heavy atom. The van der Waals surface area contributed by atoms with Crippen molar-refractivity contribution < 1.29 is 19.4 Å². The van der Waals surface area contributed by atoms with Crippen molar-refractivity contribution in [2.75, 3.05) is 11.5 Å². The van der Waals surface area contributed by atoms with Gasteiger partial charge in [-0.15, -0.1) is 0 Å². The number of carbonyl (C=O) groups excluding carboxylic acids is 2. The Morgan fingerprint density at radius 1 is 1.00 bits per heavy atom. The molecule has 1 fully saturated rings. The molecule has 36 heavy (non-hydrogen) atoms. The number of benzene rings is 3. The largest absolute Gasteiger partial charge is 0.507 e. The van der Waals surface area contributed by atoms with Crippen molar-refractivity contribution in [1.29, 1.82) is 0 Å². The number of halogens is 1. The van der Waals surface area contributed by atoms with Crippen LogP contribution < -0.4 is 9.64 Å². The standard InChI is InChI=1S/C30H30BrNO4/c1-6-36-23-14-12-22(13-15-23)32-26(19-7-10-21(11-8-19)30(3,4)5)25(28(34)29(32)35)27(33)20-9-16-24(31)18(2)17-20/h7-17,26,33H,6H2,1-5H3/b27-25-. The minimum absolute atomic E-state index is 0.0512. The maximum absolute atomic E-state index is 13.4. The van der Waals surface area contributed by atoms with Crippen molar-refractivity contribution in [1.82, 2.24) is 0 Å². The summed E-state index contributed by atoms with van der Waals surface area (Å²) in [5, 5.41) is 11.4. The highest BCUT2D eigenvalue weighted by atomic mass is 79.9. The normalized spacial score (nSPS) is 17.5. The van der Waals surface area contributed by atoms with Crippen LogP contribution in [0.15, 0.2) is 76.8 Å². The average molecular weight is 548 g/mol. The van der Waals surface area contributed by atoms with Gasteiger partial charge in [0.05, 0.1) is 18.2 Å². The Morgan fingerprint density at radius 2 is 1.64 bits per heavy atom. The number of aliphatic hydroxyl groups excluding tert-OH is 1. The van der Waals surface area contributed by atoms with Gasteiger partial charge in [-0.25, -0.2) is 0 Å². The third-order valence-corrected chi connectivity index (χ3v) is 7.28. The monoisotopic (exact) mass is 547 g/mol. The first kappa shape index (κ1) is 25.7. The summed E-state index contributed by atoms with van der Waals surface area (Å²) in [7, 11) is 0. The molecule has 0 saturated carbocycles. The molecule has 0 spiro atoms. The van der Waals surface area contributed by atoms with Crippen molar-refractivity contribution >= 4 is 39.1 Å². The van der Waals surface area contributed by atoms with Gasteiger partial charge in [0.25, 0.3) is 11.7 Å². The highest BCUT2D eigenvalue weighted by Gasteiger charge is 2.47. The molecule has 0 bridgehead atoms. The van der Waals surface area contributed by atoms with Crippen molar-refractivity contribution in [3.05, 3.63) is 99.0 Å². The quantitative estimate of drug-likeness (QED) is 0.210. The zero-order chi connectivity index (χ0) is 26.2. The second kappa shape index (κ2) is 9.94. The van der Waals surface area contributed by atoms with Crippen molar-refractivity contribution in [2.45, 2.75) is 46.1 Å². The molecule has 1 heterocycles. The van der Waals surface area contributed by atoms with Gasteiger partial charge in [-0.1, -0.05) is 67.0 Å². The summed E-state index contributed by atoms with van der Waals surface area (Å²) in [6, 6.07) is 19.5. The summed E-state index contributed by atoms with van der Waals surface area (Å²) in [6.07, 6.45) is 0. The molecule has 5 nitrogen and oxygen atoms in total. The average Bonchev–Trinajstić information content (AvgIpc) is 3.11. The van der Waals surface area contributed by atoms with E-state index in [4.69, 9.17) is 4.74 Å². The van der Waals surface area contributed by atoms with E-state index >= 15 is 0 Å². The summed E-state index contributed by atoms with van der Waals surface area (Å²) in [5.74, 6) is -0.914. The van der Waals surface area contributed by atoms with Gasteiger partial charge in [-0.05, 0) is 72.4 Å². The smallest absolute Gasteiger partial charge is 0.300 e.